The second-order valence-electron chi connectivity index (χ2n) is 4.04. The minimum absolute atomic E-state index is 0.310. The maximum atomic E-state index is 11.9. The molecule has 2 aromatic rings. The number of esters is 1. The van der Waals surface area contributed by atoms with Gasteiger partial charge < -0.3 is 4.74 Å². The quantitative estimate of drug-likeness (QED) is 0.785. The molecule has 0 spiro atoms. The van der Waals surface area contributed by atoms with Gasteiger partial charge in [-0.3, -0.25) is 0 Å². The molecule has 96 valence electrons. The molecule has 0 N–H and O–H groups in total. The van der Waals surface area contributed by atoms with E-state index in [1.807, 2.05) is 13.8 Å². The minimum atomic E-state index is -0.436. The van der Waals surface area contributed by atoms with Gasteiger partial charge in [-0.05, 0) is 38.8 Å². The van der Waals surface area contributed by atoms with Crippen LogP contribution in [0.25, 0.3) is 5.65 Å². The Morgan fingerprint density at radius 1 is 1.33 bits per heavy atom. The van der Waals surface area contributed by atoms with Crippen molar-refractivity contribution in [1.29, 1.82) is 0 Å². The second-order valence-corrected chi connectivity index (χ2v) is 4.40. The lowest BCUT2D eigenvalue weighted by atomic mass is 10.2. The van der Waals surface area contributed by atoms with Gasteiger partial charge in [0.05, 0.1) is 12.3 Å². The number of halogens is 1. The van der Waals surface area contributed by atoms with E-state index in [9.17, 15) is 4.79 Å². The predicted octanol–water partition coefficient (Wildman–Crippen LogP) is 2.48. The third kappa shape index (κ3) is 1.84. The first-order valence-corrected chi connectivity index (χ1v) is 6.04. The van der Waals surface area contributed by atoms with Gasteiger partial charge >= 0.3 is 5.97 Å². The molecular weight excluding hydrogens is 254 g/mol. The summed E-state index contributed by atoms with van der Waals surface area (Å²) in [6.07, 6.45) is 0. The summed E-state index contributed by atoms with van der Waals surface area (Å²) in [7, 11) is 0. The smallest absolute Gasteiger partial charge is 0.358 e. The molecule has 0 aliphatic rings. The van der Waals surface area contributed by atoms with E-state index < -0.39 is 5.97 Å². The van der Waals surface area contributed by atoms with E-state index in [1.165, 1.54) is 4.52 Å². The highest BCUT2D eigenvalue weighted by atomic mass is 35.5. The van der Waals surface area contributed by atoms with Crippen LogP contribution in [0.2, 0.25) is 5.15 Å². The molecule has 0 aliphatic carbocycles. The Morgan fingerprint density at radius 3 is 2.61 bits per heavy atom. The summed E-state index contributed by atoms with van der Waals surface area (Å²) >= 11 is 6.04. The Bertz CT molecular complexity index is 634. The van der Waals surface area contributed by atoms with Crippen molar-refractivity contribution in [3.63, 3.8) is 0 Å². The molecule has 0 saturated heterocycles. The van der Waals surface area contributed by atoms with Crippen molar-refractivity contribution in [3.05, 3.63) is 27.7 Å². The first kappa shape index (κ1) is 12.8. The van der Waals surface area contributed by atoms with E-state index in [0.717, 1.165) is 11.1 Å². The topological polar surface area (TPSA) is 56.5 Å². The molecule has 0 bridgehead atoms. The van der Waals surface area contributed by atoms with Gasteiger partial charge in [-0.15, -0.1) is 0 Å². The molecule has 5 nitrogen and oxygen atoms in total. The summed E-state index contributed by atoms with van der Waals surface area (Å²) in [4.78, 5) is 16.2. The number of aromatic nitrogens is 3. The number of hydrogen-bond acceptors (Lipinski definition) is 4. The predicted molar refractivity (Wildman–Crippen MR) is 68.2 cm³/mol. The van der Waals surface area contributed by atoms with Crippen molar-refractivity contribution in [2.24, 2.45) is 0 Å². The molecule has 0 fully saturated rings. The van der Waals surface area contributed by atoms with Crippen molar-refractivity contribution >= 4 is 23.2 Å². The van der Waals surface area contributed by atoms with E-state index >= 15 is 0 Å². The van der Waals surface area contributed by atoms with Gasteiger partial charge in [0.15, 0.2) is 16.5 Å². The van der Waals surface area contributed by atoms with Crippen molar-refractivity contribution in [2.75, 3.05) is 6.61 Å². The SMILES string of the molecule is CCOC(=O)c1c(C)nc2c(C)c(C)c(Cl)nn12. The number of fused-ring (bicyclic) bond motifs is 1. The molecule has 0 amide bonds. The van der Waals surface area contributed by atoms with Crippen molar-refractivity contribution in [1.82, 2.24) is 14.6 Å². The average Bonchev–Trinajstić information content (AvgIpc) is 2.63. The van der Waals surface area contributed by atoms with Crippen molar-refractivity contribution in [2.45, 2.75) is 27.7 Å². The summed E-state index contributed by atoms with van der Waals surface area (Å²) in [6.45, 7) is 7.60. The van der Waals surface area contributed by atoms with Gasteiger partial charge in [0.25, 0.3) is 0 Å². The van der Waals surface area contributed by atoms with Gasteiger partial charge in [0, 0.05) is 0 Å². The zero-order valence-electron chi connectivity index (χ0n) is 10.7. The largest absolute Gasteiger partial charge is 0.461 e. The van der Waals surface area contributed by atoms with Crippen LogP contribution in [0.1, 0.15) is 34.2 Å². The Kier molecular flexibility index (Phi) is 3.26. The fourth-order valence-electron chi connectivity index (χ4n) is 1.78. The number of imidazole rings is 1. The minimum Gasteiger partial charge on any atom is -0.461 e. The normalized spacial score (nSPS) is 10.9. The Labute approximate surface area is 110 Å². The summed E-state index contributed by atoms with van der Waals surface area (Å²) in [5.74, 6) is -0.436. The van der Waals surface area contributed by atoms with Crippen LogP contribution in [0.3, 0.4) is 0 Å². The zero-order valence-corrected chi connectivity index (χ0v) is 11.5. The monoisotopic (exact) mass is 267 g/mol. The summed E-state index contributed by atoms with van der Waals surface area (Å²) in [6, 6.07) is 0. The molecule has 2 rings (SSSR count). The van der Waals surface area contributed by atoms with Crippen LogP contribution in [0, 0.1) is 20.8 Å². The molecule has 18 heavy (non-hydrogen) atoms. The Balaban J connectivity index is 2.76. The molecule has 2 aromatic heterocycles. The van der Waals surface area contributed by atoms with E-state index in [1.54, 1.807) is 13.8 Å². The third-order valence-corrected chi connectivity index (χ3v) is 3.25. The highest BCUT2D eigenvalue weighted by Crippen LogP contribution is 2.22. The van der Waals surface area contributed by atoms with Crippen LogP contribution in [0.5, 0.6) is 0 Å². The molecule has 0 radical (unpaired) electrons. The zero-order chi connectivity index (χ0) is 13.4. The number of rotatable bonds is 2. The molecule has 0 saturated carbocycles. The average molecular weight is 268 g/mol. The number of carbonyl (C=O) groups excluding carboxylic acids is 1. The second kappa shape index (κ2) is 4.57. The Morgan fingerprint density at radius 2 is 2.00 bits per heavy atom. The lowest BCUT2D eigenvalue weighted by molar-refractivity contribution is 0.0516. The van der Waals surface area contributed by atoms with Crippen LogP contribution in [-0.4, -0.2) is 27.2 Å². The van der Waals surface area contributed by atoms with Gasteiger partial charge in [-0.2, -0.15) is 5.10 Å². The highest BCUT2D eigenvalue weighted by molar-refractivity contribution is 6.30. The van der Waals surface area contributed by atoms with Crippen LogP contribution >= 0.6 is 11.6 Å². The summed E-state index contributed by atoms with van der Waals surface area (Å²) < 4.78 is 6.46. The number of hydrogen-bond donors (Lipinski definition) is 0. The molecular formula is C12H14ClN3O2. The van der Waals surface area contributed by atoms with Crippen molar-refractivity contribution < 1.29 is 9.53 Å². The molecule has 0 aromatic carbocycles. The van der Waals surface area contributed by atoms with Gasteiger partial charge in [-0.1, -0.05) is 11.6 Å². The van der Waals surface area contributed by atoms with E-state index in [-0.39, 0.29) is 0 Å². The molecule has 2 heterocycles. The standard InChI is InChI=1S/C12H14ClN3O2/c1-5-18-12(17)9-8(4)14-11-7(3)6(2)10(13)15-16(9)11/h5H2,1-4H3. The highest BCUT2D eigenvalue weighted by Gasteiger charge is 2.21. The third-order valence-electron chi connectivity index (χ3n) is 2.89. The molecule has 0 unspecified atom stereocenters. The lowest BCUT2D eigenvalue weighted by Crippen LogP contribution is -2.11. The fourth-order valence-corrected chi connectivity index (χ4v) is 1.99. The number of carbonyl (C=O) groups is 1. The van der Waals surface area contributed by atoms with Gasteiger partial charge in [0.2, 0.25) is 0 Å². The molecule has 0 atom stereocenters. The molecule has 0 aliphatic heterocycles. The maximum absolute atomic E-state index is 11.9. The summed E-state index contributed by atoms with van der Waals surface area (Å²) in [5.41, 5.74) is 3.33. The number of ether oxygens (including phenoxy) is 1. The maximum Gasteiger partial charge on any atom is 0.358 e. The van der Waals surface area contributed by atoms with Crippen LogP contribution in [-0.2, 0) is 4.74 Å². The van der Waals surface area contributed by atoms with E-state index in [4.69, 9.17) is 16.3 Å². The van der Waals surface area contributed by atoms with Gasteiger partial charge in [0.1, 0.15) is 0 Å². The first-order chi connectivity index (χ1) is 8.47. The summed E-state index contributed by atoms with van der Waals surface area (Å²) in [5, 5.41) is 4.54. The lowest BCUT2D eigenvalue weighted by Gasteiger charge is -2.06. The van der Waals surface area contributed by atoms with E-state index in [0.29, 0.717) is 28.8 Å². The van der Waals surface area contributed by atoms with Gasteiger partial charge in [-0.25, -0.2) is 14.3 Å². The van der Waals surface area contributed by atoms with Crippen LogP contribution in [0.4, 0.5) is 0 Å². The Hall–Kier alpha value is -1.62. The van der Waals surface area contributed by atoms with Crippen molar-refractivity contribution in [3.8, 4) is 0 Å². The van der Waals surface area contributed by atoms with E-state index in [2.05, 4.69) is 10.1 Å². The fraction of sp³-hybridized carbons (Fsp3) is 0.417. The first-order valence-electron chi connectivity index (χ1n) is 5.66. The number of aryl methyl sites for hydroxylation is 2. The van der Waals surface area contributed by atoms with Crippen LogP contribution in [0.15, 0.2) is 0 Å². The number of nitrogens with zero attached hydrogens (tertiary/aromatic N) is 3. The molecule has 6 heteroatoms. The van der Waals surface area contributed by atoms with Crippen LogP contribution < -0.4 is 0 Å².